The highest BCUT2D eigenvalue weighted by Gasteiger charge is 2.53. The van der Waals surface area contributed by atoms with E-state index in [9.17, 15) is 17.6 Å². The predicted octanol–water partition coefficient (Wildman–Crippen LogP) is 4.39. The topological polar surface area (TPSA) is 72.5 Å². The van der Waals surface area contributed by atoms with E-state index in [1.165, 1.54) is 12.1 Å². The summed E-state index contributed by atoms with van der Waals surface area (Å²) in [5, 5.41) is 3.01. The molecule has 2 aromatic rings. The lowest BCUT2D eigenvalue weighted by Gasteiger charge is -2.39. The van der Waals surface area contributed by atoms with Gasteiger partial charge in [0, 0.05) is 25.2 Å². The normalized spacial score (nSPS) is 19.8. The number of aryl methyl sites for hydroxylation is 2. The molecule has 0 bridgehead atoms. The Balaban J connectivity index is 1.65. The molecule has 0 spiro atoms. The van der Waals surface area contributed by atoms with Crippen LogP contribution in [-0.4, -0.2) is 38.8 Å². The van der Waals surface area contributed by atoms with Crippen LogP contribution >= 0.6 is 0 Å². The number of nitrogens with one attached hydrogen (secondary N) is 1. The molecule has 1 aliphatic heterocycles. The Morgan fingerprint density at radius 1 is 1.03 bits per heavy atom. The van der Waals surface area contributed by atoms with Crippen LogP contribution in [0, 0.1) is 19.7 Å². The number of amides is 1. The van der Waals surface area contributed by atoms with Crippen molar-refractivity contribution in [3.63, 3.8) is 0 Å². The summed E-state index contributed by atoms with van der Waals surface area (Å²) in [6.45, 7) is 4.90. The summed E-state index contributed by atoms with van der Waals surface area (Å²) in [7, 11) is -3.89. The number of carbonyl (C=O) groups excluding carboxylic acids is 1. The van der Waals surface area contributed by atoms with Gasteiger partial charge in [-0.3, -0.25) is 4.79 Å². The van der Waals surface area contributed by atoms with Gasteiger partial charge in [-0.25, -0.2) is 12.8 Å². The van der Waals surface area contributed by atoms with Gasteiger partial charge in [-0.1, -0.05) is 37.1 Å². The van der Waals surface area contributed by atoms with Gasteiger partial charge in [-0.15, -0.1) is 0 Å². The van der Waals surface area contributed by atoms with Crippen molar-refractivity contribution in [1.29, 1.82) is 0 Å². The van der Waals surface area contributed by atoms with Crippen LogP contribution in [0.5, 0.6) is 0 Å². The minimum Gasteiger partial charge on any atom is -0.381 e. The third kappa shape index (κ3) is 4.33. The lowest BCUT2D eigenvalue weighted by atomic mass is 9.74. The molecule has 2 aliphatic rings. The van der Waals surface area contributed by atoms with Gasteiger partial charge < -0.3 is 10.1 Å². The molecule has 0 radical (unpaired) electrons. The summed E-state index contributed by atoms with van der Waals surface area (Å²) in [4.78, 5) is 13.9. The lowest BCUT2D eigenvalue weighted by molar-refractivity contribution is -0.124. The van der Waals surface area contributed by atoms with Gasteiger partial charge in [0.25, 0.3) is 0 Å². The Kier molecular flexibility index (Phi) is 6.65. The van der Waals surface area contributed by atoms with Crippen LogP contribution in [-0.2, 0) is 24.8 Å². The van der Waals surface area contributed by atoms with E-state index in [1.54, 1.807) is 25.1 Å². The van der Waals surface area contributed by atoms with E-state index in [4.69, 9.17) is 4.74 Å². The average molecular weight is 474 g/mol. The third-order valence-electron chi connectivity index (χ3n) is 7.45. The number of ether oxygens (including phenoxy) is 1. The molecule has 178 valence electrons. The van der Waals surface area contributed by atoms with Gasteiger partial charge >= 0.3 is 0 Å². The van der Waals surface area contributed by atoms with Crippen LogP contribution in [0.3, 0.4) is 0 Å². The van der Waals surface area contributed by atoms with Crippen LogP contribution in [0.25, 0.3) is 0 Å². The Morgan fingerprint density at radius 3 is 2.39 bits per heavy atom. The van der Waals surface area contributed by atoms with Crippen LogP contribution < -0.4 is 5.32 Å². The molecule has 5 nitrogen and oxygen atoms in total. The fourth-order valence-corrected chi connectivity index (χ4v) is 7.73. The summed E-state index contributed by atoms with van der Waals surface area (Å²) < 4.78 is 45.9. The van der Waals surface area contributed by atoms with Crippen LogP contribution in [0.4, 0.5) is 4.39 Å². The molecule has 1 heterocycles. The molecule has 0 atom stereocenters. The first-order valence-corrected chi connectivity index (χ1v) is 13.1. The maximum atomic E-state index is 14.0. The summed E-state index contributed by atoms with van der Waals surface area (Å²) in [6.07, 6.45) is 3.27. The minimum atomic E-state index is -3.89. The van der Waals surface area contributed by atoms with Crippen molar-refractivity contribution in [1.82, 2.24) is 5.32 Å². The molecule has 1 amide bonds. The molecule has 1 saturated heterocycles. The number of halogens is 1. The molecule has 33 heavy (non-hydrogen) atoms. The smallest absolute Gasteiger partial charge is 0.241 e. The molecule has 1 saturated carbocycles. The average Bonchev–Trinajstić information content (AvgIpc) is 3.32. The predicted molar refractivity (Wildman–Crippen MR) is 125 cm³/mol. The standard InChI is InChI=1S/C26H32FNO4S/c1-19-8-9-20(2)23(16-19)33(30,31)26(10-3-4-11-26)24(29)28-18-25(12-14-32-15-13-25)21-6-5-7-22(27)17-21/h5-9,16-17H,3-4,10-15,18H2,1-2H3,(H,28,29). The van der Waals surface area contributed by atoms with Crippen molar-refractivity contribution in [2.24, 2.45) is 0 Å². The molecule has 2 fully saturated rings. The van der Waals surface area contributed by atoms with E-state index >= 15 is 0 Å². The summed E-state index contributed by atoms with van der Waals surface area (Å²) in [6, 6.07) is 11.8. The molecule has 0 aromatic heterocycles. The third-order valence-corrected chi connectivity index (χ3v) is 10.1. The van der Waals surface area contributed by atoms with Crippen molar-refractivity contribution >= 4 is 15.7 Å². The molecule has 1 aliphatic carbocycles. The zero-order valence-electron chi connectivity index (χ0n) is 19.3. The van der Waals surface area contributed by atoms with E-state index in [2.05, 4.69) is 5.32 Å². The Labute approximate surface area is 195 Å². The molecular weight excluding hydrogens is 441 g/mol. The van der Waals surface area contributed by atoms with Crippen molar-refractivity contribution < 1.29 is 22.3 Å². The van der Waals surface area contributed by atoms with Crippen LogP contribution in [0.2, 0.25) is 0 Å². The first-order valence-electron chi connectivity index (χ1n) is 11.6. The maximum absolute atomic E-state index is 14.0. The van der Waals surface area contributed by atoms with Crippen molar-refractivity contribution in [2.45, 2.75) is 67.4 Å². The number of benzene rings is 2. The Hall–Kier alpha value is -2.25. The molecule has 0 unspecified atom stereocenters. The summed E-state index contributed by atoms with van der Waals surface area (Å²) in [5.74, 6) is -0.766. The van der Waals surface area contributed by atoms with E-state index in [0.29, 0.717) is 57.3 Å². The first kappa shape index (κ1) is 23.9. The monoisotopic (exact) mass is 473 g/mol. The van der Waals surface area contributed by atoms with Gasteiger partial charge in [0.1, 0.15) is 5.82 Å². The minimum absolute atomic E-state index is 0.241. The number of sulfone groups is 1. The van der Waals surface area contributed by atoms with Crippen molar-refractivity contribution in [3.05, 3.63) is 65.0 Å². The molecule has 7 heteroatoms. The number of carbonyl (C=O) groups is 1. The fourth-order valence-electron chi connectivity index (χ4n) is 5.33. The highest BCUT2D eigenvalue weighted by Crippen LogP contribution is 2.42. The van der Waals surface area contributed by atoms with E-state index < -0.39 is 25.9 Å². The molecule has 4 rings (SSSR count). The highest BCUT2D eigenvalue weighted by molar-refractivity contribution is 7.93. The zero-order valence-corrected chi connectivity index (χ0v) is 20.1. The maximum Gasteiger partial charge on any atom is 0.241 e. The van der Waals surface area contributed by atoms with E-state index in [1.807, 2.05) is 19.1 Å². The summed E-state index contributed by atoms with van der Waals surface area (Å²) in [5.41, 5.74) is 1.82. The highest BCUT2D eigenvalue weighted by atomic mass is 32.2. The molecular formula is C26H32FNO4S. The van der Waals surface area contributed by atoms with Gasteiger partial charge in [-0.05, 0) is 74.4 Å². The fraction of sp³-hybridized carbons (Fsp3) is 0.500. The number of hydrogen-bond donors (Lipinski definition) is 1. The van der Waals surface area contributed by atoms with Crippen LogP contribution in [0.1, 0.15) is 55.2 Å². The largest absolute Gasteiger partial charge is 0.381 e. The number of hydrogen-bond acceptors (Lipinski definition) is 4. The molecule has 1 N–H and O–H groups in total. The van der Waals surface area contributed by atoms with Gasteiger partial charge in [0.2, 0.25) is 5.91 Å². The number of rotatable bonds is 6. The second-order valence-electron chi connectivity index (χ2n) is 9.56. The zero-order chi connectivity index (χ0) is 23.7. The van der Waals surface area contributed by atoms with E-state index in [-0.39, 0.29) is 17.3 Å². The summed E-state index contributed by atoms with van der Waals surface area (Å²) >= 11 is 0. The van der Waals surface area contributed by atoms with Gasteiger partial charge in [-0.2, -0.15) is 0 Å². The second-order valence-corrected chi connectivity index (χ2v) is 11.8. The van der Waals surface area contributed by atoms with E-state index in [0.717, 1.165) is 11.1 Å². The van der Waals surface area contributed by atoms with Gasteiger partial charge in [0.05, 0.1) is 4.90 Å². The molecule has 2 aromatic carbocycles. The quantitative estimate of drug-likeness (QED) is 0.675. The first-order chi connectivity index (χ1) is 15.7. The Morgan fingerprint density at radius 2 is 1.73 bits per heavy atom. The van der Waals surface area contributed by atoms with Crippen molar-refractivity contribution in [2.75, 3.05) is 19.8 Å². The lowest BCUT2D eigenvalue weighted by Crippen LogP contribution is -2.54. The van der Waals surface area contributed by atoms with Gasteiger partial charge in [0.15, 0.2) is 14.6 Å². The second kappa shape index (κ2) is 9.18. The van der Waals surface area contributed by atoms with Crippen LogP contribution in [0.15, 0.2) is 47.4 Å². The Bertz CT molecular complexity index is 1130. The SMILES string of the molecule is Cc1ccc(C)c(S(=O)(=O)C2(C(=O)NCC3(c4cccc(F)c4)CCOCC3)CCCC2)c1. The van der Waals surface area contributed by atoms with Crippen molar-refractivity contribution in [3.8, 4) is 0 Å².